The summed E-state index contributed by atoms with van der Waals surface area (Å²) in [4.78, 5) is 14.0. The number of hydrogen-bond donors (Lipinski definition) is 2. The summed E-state index contributed by atoms with van der Waals surface area (Å²) in [5.41, 5.74) is 7.75. The molecule has 1 heterocycles. The highest BCUT2D eigenvalue weighted by molar-refractivity contribution is 5.89. The maximum Gasteiger partial charge on any atom is 0.322 e. The molecule has 4 nitrogen and oxygen atoms in total. The molecule has 4 heteroatoms. The lowest BCUT2D eigenvalue weighted by Gasteiger charge is -2.34. The summed E-state index contributed by atoms with van der Waals surface area (Å²) >= 11 is 0. The molecule has 2 amide bonds. The first kappa shape index (κ1) is 12.9. The van der Waals surface area contributed by atoms with Crippen molar-refractivity contribution in [2.45, 2.75) is 32.2 Å². The van der Waals surface area contributed by atoms with Crippen LogP contribution in [0.1, 0.15) is 24.8 Å². The average Bonchev–Trinajstić information content (AvgIpc) is 2.41. The largest absolute Gasteiger partial charge is 0.328 e. The summed E-state index contributed by atoms with van der Waals surface area (Å²) in [7, 11) is 0. The van der Waals surface area contributed by atoms with Crippen molar-refractivity contribution in [3.63, 3.8) is 0 Å². The molecule has 3 N–H and O–H groups in total. The SMILES string of the molecule is Cc1ccc(NC(=O)N2CCCCC2CN)cc1. The lowest BCUT2D eigenvalue weighted by molar-refractivity contribution is 0.166. The van der Waals surface area contributed by atoms with Crippen LogP contribution in [0, 0.1) is 6.92 Å². The summed E-state index contributed by atoms with van der Waals surface area (Å²) in [5, 5.41) is 2.93. The van der Waals surface area contributed by atoms with Crippen LogP contribution in [0.5, 0.6) is 0 Å². The van der Waals surface area contributed by atoms with Crippen molar-refractivity contribution in [3.8, 4) is 0 Å². The third kappa shape index (κ3) is 3.01. The number of urea groups is 1. The molecule has 0 aromatic heterocycles. The van der Waals surface area contributed by atoms with Gasteiger partial charge in [0.1, 0.15) is 0 Å². The van der Waals surface area contributed by atoms with E-state index >= 15 is 0 Å². The van der Waals surface area contributed by atoms with Crippen LogP contribution in [0.15, 0.2) is 24.3 Å². The van der Waals surface area contributed by atoms with Crippen molar-refractivity contribution < 1.29 is 4.79 Å². The Bertz CT molecular complexity index is 402. The second kappa shape index (κ2) is 5.87. The Hall–Kier alpha value is -1.55. The molecular weight excluding hydrogens is 226 g/mol. The van der Waals surface area contributed by atoms with Gasteiger partial charge >= 0.3 is 6.03 Å². The molecule has 0 spiro atoms. The summed E-state index contributed by atoms with van der Waals surface area (Å²) in [5.74, 6) is 0. The Morgan fingerprint density at radius 3 is 2.78 bits per heavy atom. The first-order valence-electron chi connectivity index (χ1n) is 6.55. The van der Waals surface area contributed by atoms with Crippen molar-refractivity contribution in [1.29, 1.82) is 0 Å². The van der Waals surface area contributed by atoms with Gasteiger partial charge in [-0.25, -0.2) is 4.79 Å². The van der Waals surface area contributed by atoms with E-state index in [1.165, 1.54) is 5.56 Å². The number of nitrogens with two attached hydrogens (primary N) is 1. The molecular formula is C14H21N3O. The van der Waals surface area contributed by atoms with Crippen molar-refractivity contribution in [1.82, 2.24) is 4.90 Å². The van der Waals surface area contributed by atoms with Gasteiger partial charge < -0.3 is 16.0 Å². The van der Waals surface area contributed by atoms with Gasteiger partial charge in [-0.15, -0.1) is 0 Å². The second-order valence-corrected chi connectivity index (χ2v) is 4.87. The maximum atomic E-state index is 12.2. The Balaban J connectivity index is 2.00. The number of rotatable bonds is 2. The second-order valence-electron chi connectivity index (χ2n) is 4.87. The molecule has 0 bridgehead atoms. The predicted molar refractivity (Wildman–Crippen MR) is 73.6 cm³/mol. The molecule has 1 atom stereocenters. The van der Waals surface area contributed by atoms with Gasteiger partial charge in [-0.3, -0.25) is 0 Å². The van der Waals surface area contributed by atoms with E-state index in [9.17, 15) is 4.79 Å². The standard InChI is InChI=1S/C14H21N3O/c1-11-5-7-12(8-6-11)16-14(18)17-9-3-2-4-13(17)10-15/h5-8,13H,2-4,9-10,15H2,1H3,(H,16,18). The van der Waals surface area contributed by atoms with E-state index in [0.717, 1.165) is 31.5 Å². The normalized spacial score (nSPS) is 19.7. The van der Waals surface area contributed by atoms with Crippen LogP contribution in [0.3, 0.4) is 0 Å². The Kier molecular flexibility index (Phi) is 4.20. The molecule has 1 aromatic rings. The number of nitrogens with one attached hydrogen (secondary N) is 1. The monoisotopic (exact) mass is 247 g/mol. The lowest BCUT2D eigenvalue weighted by atomic mass is 10.0. The number of carbonyl (C=O) groups excluding carboxylic acids is 1. The fraction of sp³-hybridized carbons (Fsp3) is 0.500. The topological polar surface area (TPSA) is 58.4 Å². The third-order valence-corrected chi connectivity index (χ3v) is 3.46. The number of hydrogen-bond acceptors (Lipinski definition) is 2. The minimum absolute atomic E-state index is 0.0333. The summed E-state index contributed by atoms with van der Waals surface area (Å²) < 4.78 is 0. The smallest absolute Gasteiger partial charge is 0.322 e. The van der Waals surface area contributed by atoms with Crippen molar-refractivity contribution in [2.24, 2.45) is 5.73 Å². The van der Waals surface area contributed by atoms with E-state index in [4.69, 9.17) is 5.73 Å². The van der Waals surface area contributed by atoms with E-state index in [2.05, 4.69) is 5.32 Å². The van der Waals surface area contributed by atoms with Crippen LogP contribution < -0.4 is 11.1 Å². The van der Waals surface area contributed by atoms with Gasteiger partial charge in [0, 0.05) is 24.8 Å². The van der Waals surface area contributed by atoms with E-state index in [1.54, 1.807) is 0 Å². The molecule has 98 valence electrons. The zero-order valence-corrected chi connectivity index (χ0v) is 10.9. The highest BCUT2D eigenvalue weighted by Crippen LogP contribution is 2.18. The van der Waals surface area contributed by atoms with Crippen LogP contribution in [-0.4, -0.2) is 30.1 Å². The van der Waals surface area contributed by atoms with E-state index in [0.29, 0.717) is 6.54 Å². The molecule has 0 aliphatic carbocycles. The van der Waals surface area contributed by atoms with Gasteiger partial charge in [0.2, 0.25) is 0 Å². The van der Waals surface area contributed by atoms with E-state index < -0.39 is 0 Å². The first-order valence-corrected chi connectivity index (χ1v) is 6.55. The Morgan fingerprint density at radius 1 is 1.39 bits per heavy atom. The van der Waals surface area contributed by atoms with Crippen LogP contribution in [-0.2, 0) is 0 Å². The molecule has 18 heavy (non-hydrogen) atoms. The highest BCUT2D eigenvalue weighted by Gasteiger charge is 2.25. The fourth-order valence-electron chi connectivity index (χ4n) is 2.35. The molecule has 1 unspecified atom stereocenters. The number of aryl methyl sites for hydroxylation is 1. The minimum Gasteiger partial charge on any atom is -0.328 e. The van der Waals surface area contributed by atoms with Gasteiger partial charge in [0.25, 0.3) is 0 Å². The molecule has 0 radical (unpaired) electrons. The van der Waals surface area contributed by atoms with Crippen molar-refractivity contribution in [2.75, 3.05) is 18.4 Å². The van der Waals surface area contributed by atoms with E-state index in [1.807, 2.05) is 36.1 Å². The van der Waals surface area contributed by atoms with Gasteiger partial charge in [-0.1, -0.05) is 17.7 Å². The van der Waals surface area contributed by atoms with Gasteiger partial charge in [-0.05, 0) is 38.3 Å². The lowest BCUT2D eigenvalue weighted by Crippen LogP contribution is -2.49. The third-order valence-electron chi connectivity index (χ3n) is 3.46. The van der Waals surface area contributed by atoms with Crippen LogP contribution in [0.25, 0.3) is 0 Å². The Labute approximate surface area is 108 Å². The van der Waals surface area contributed by atoms with Crippen LogP contribution in [0.2, 0.25) is 0 Å². The molecule has 1 fully saturated rings. The van der Waals surface area contributed by atoms with Crippen LogP contribution in [0.4, 0.5) is 10.5 Å². The summed E-state index contributed by atoms with van der Waals surface area (Å²) in [6.45, 7) is 3.38. The van der Waals surface area contributed by atoms with Crippen LogP contribution >= 0.6 is 0 Å². The zero-order valence-electron chi connectivity index (χ0n) is 10.9. The molecule has 0 saturated carbocycles. The molecule has 1 saturated heterocycles. The number of piperidine rings is 1. The molecule has 1 aliphatic rings. The quantitative estimate of drug-likeness (QED) is 0.842. The average molecular weight is 247 g/mol. The number of anilines is 1. The minimum atomic E-state index is -0.0333. The van der Waals surface area contributed by atoms with Gasteiger partial charge in [0.05, 0.1) is 0 Å². The van der Waals surface area contributed by atoms with Crippen molar-refractivity contribution >= 4 is 11.7 Å². The number of likely N-dealkylation sites (tertiary alicyclic amines) is 1. The summed E-state index contributed by atoms with van der Waals surface area (Å²) in [6, 6.07) is 7.99. The molecule has 1 aliphatic heterocycles. The number of benzene rings is 1. The van der Waals surface area contributed by atoms with E-state index in [-0.39, 0.29) is 12.1 Å². The fourth-order valence-corrected chi connectivity index (χ4v) is 2.35. The number of nitrogens with zero attached hydrogens (tertiary/aromatic N) is 1. The zero-order chi connectivity index (χ0) is 13.0. The predicted octanol–water partition coefficient (Wildman–Crippen LogP) is 2.34. The first-order chi connectivity index (χ1) is 8.70. The summed E-state index contributed by atoms with van der Waals surface area (Å²) in [6.07, 6.45) is 3.24. The highest BCUT2D eigenvalue weighted by atomic mass is 16.2. The Morgan fingerprint density at radius 2 is 2.11 bits per heavy atom. The van der Waals surface area contributed by atoms with Gasteiger partial charge in [0.15, 0.2) is 0 Å². The van der Waals surface area contributed by atoms with Crippen molar-refractivity contribution in [3.05, 3.63) is 29.8 Å². The maximum absolute atomic E-state index is 12.2. The number of carbonyl (C=O) groups is 1. The molecule has 1 aromatic carbocycles. The van der Waals surface area contributed by atoms with Gasteiger partial charge in [-0.2, -0.15) is 0 Å². The number of amides is 2. The molecule has 2 rings (SSSR count).